The molecule has 1 aromatic carbocycles. The van der Waals surface area contributed by atoms with Crippen LogP contribution in [0.3, 0.4) is 0 Å². The zero-order valence-corrected chi connectivity index (χ0v) is 17.5. The van der Waals surface area contributed by atoms with Gasteiger partial charge in [0.25, 0.3) is 5.91 Å². The minimum atomic E-state index is -0.366. The van der Waals surface area contributed by atoms with Gasteiger partial charge in [0.1, 0.15) is 0 Å². The van der Waals surface area contributed by atoms with Gasteiger partial charge in [0.05, 0.1) is 19.2 Å². The van der Waals surface area contributed by atoms with Crippen LogP contribution in [0.5, 0.6) is 0 Å². The summed E-state index contributed by atoms with van der Waals surface area (Å²) < 4.78 is 4.80. The number of benzene rings is 1. The Morgan fingerprint density at radius 2 is 2.00 bits per heavy atom. The second-order valence-corrected chi connectivity index (χ2v) is 7.09. The number of amides is 2. The normalized spacial score (nSPS) is 12.9. The molecule has 154 valence electrons. The molecule has 2 aromatic rings. The molecule has 0 aliphatic carbocycles. The van der Waals surface area contributed by atoms with Gasteiger partial charge in [-0.15, -0.1) is 0 Å². The highest BCUT2D eigenvalue weighted by molar-refractivity contribution is 6.05. The maximum absolute atomic E-state index is 13.0. The van der Waals surface area contributed by atoms with Gasteiger partial charge in [0.2, 0.25) is 0 Å². The lowest BCUT2D eigenvalue weighted by molar-refractivity contribution is 0.102. The number of carbonyl (C=O) groups excluding carboxylic acids is 2. The molecule has 0 unspecified atom stereocenters. The molecular weight excluding hydrogens is 368 g/mol. The average molecular weight is 396 g/mol. The van der Waals surface area contributed by atoms with Crippen LogP contribution in [0.15, 0.2) is 30.6 Å². The van der Waals surface area contributed by atoms with Crippen molar-refractivity contribution in [1.82, 2.24) is 9.88 Å². The van der Waals surface area contributed by atoms with E-state index in [0.29, 0.717) is 25.1 Å². The average Bonchev–Trinajstić information content (AvgIpc) is 2.74. The van der Waals surface area contributed by atoms with Crippen molar-refractivity contribution in [2.75, 3.05) is 37.0 Å². The molecule has 2 heterocycles. The zero-order chi connectivity index (χ0) is 21.0. The number of hydrogen-bond acceptors (Lipinski definition) is 5. The van der Waals surface area contributed by atoms with E-state index < -0.39 is 0 Å². The molecule has 7 nitrogen and oxygen atoms in total. The fraction of sp³-hybridized carbons (Fsp3) is 0.409. The fourth-order valence-corrected chi connectivity index (χ4v) is 3.74. The maximum atomic E-state index is 13.0. The number of rotatable bonds is 5. The molecule has 29 heavy (non-hydrogen) atoms. The molecule has 7 heteroatoms. The van der Waals surface area contributed by atoms with Crippen LogP contribution in [-0.4, -0.2) is 48.6 Å². The largest absolute Gasteiger partial charge is 0.453 e. The highest BCUT2D eigenvalue weighted by Gasteiger charge is 2.25. The van der Waals surface area contributed by atoms with Gasteiger partial charge in [-0.1, -0.05) is 0 Å². The van der Waals surface area contributed by atoms with Gasteiger partial charge in [-0.3, -0.25) is 9.78 Å². The minimum Gasteiger partial charge on any atom is -0.453 e. The molecule has 0 atom stereocenters. The number of aryl methyl sites for hydroxylation is 1. The molecule has 3 rings (SSSR count). The summed E-state index contributed by atoms with van der Waals surface area (Å²) in [6.07, 6.45) is 3.54. The number of fused-ring (bicyclic) bond motifs is 1. The Labute approximate surface area is 171 Å². The standard InChI is InChI=1S/C22H28N4O3/c1-5-25(6-2)17-7-8-20(15(3)11-17)24-21(27)19-13-23-12-16-14-26(22(28)29-4)10-9-18(16)19/h7-8,11-13H,5-6,9-10,14H2,1-4H3,(H,24,27). The van der Waals surface area contributed by atoms with E-state index in [1.54, 1.807) is 17.3 Å². The second-order valence-electron chi connectivity index (χ2n) is 7.09. The van der Waals surface area contributed by atoms with Crippen molar-refractivity contribution in [3.63, 3.8) is 0 Å². The lowest BCUT2D eigenvalue weighted by atomic mass is 9.97. The summed E-state index contributed by atoms with van der Waals surface area (Å²) in [7, 11) is 1.37. The predicted octanol–water partition coefficient (Wildman–Crippen LogP) is 3.61. The van der Waals surface area contributed by atoms with E-state index in [-0.39, 0.29) is 12.0 Å². The van der Waals surface area contributed by atoms with Crippen LogP contribution >= 0.6 is 0 Å². The fourth-order valence-electron chi connectivity index (χ4n) is 3.74. The van der Waals surface area contributed by atoms with Crippen molar-refractivity contribution < 1.29 is 14.3 Å². The molecule has 0 fully saturated rings. The highest BCUT2D eigenvalue weighted by Crippen LogP contribution is 2.26. The van der Waals surface area contributed by atoms with Crippen molar-refractivity contribution in [2.45, 2.75) is 33.7 Å². The molecule has 1 aromatic heterocycles. The first-order chi connectivity index (χ1) is 14.0. The maximum Gasteiger partial charge on any atom is 0.409 e. The lowest BCUT2D eigenvalue weighted by Crippen LogP contribution is -2.36. The third-order valence-corrected chi connectivity index (χ3v) is 5.40. The van der Waals surface area contributed by atoms with Gasteiger partial charge in [-0.25, -0.2) is 4.79 Å². The topological polar surface area (TPSA) is 74.8 Å². The number of nitrogens with zero attached hydrogens (tertiary/aromatic N) is 3. The molecule has 1 aliphatic heterocycles. The summed E-state index contributed by atoms with van der Waals surface area (Å²) in [5, 5.41) is 3.02. The summed E-state index contributed by atoms with van der Waals surface area (Å²) in [5.74, 6) is -0.181. The van der Waals surface area contributed by atoms with Crippen molar-refractivity contribution in [3.05, 3.63) is 52.8 Å². The Balaban J connectivity index is 1.80. The Kier molecular flexibility index (Phi) is 6.36. The number of carbonyl (C=O) groups is 2. The Bertz CT molecular complexity index is 909. The summed E-state index contributed by atoms with van der Waals surface area (Å²) in [6, 6.07) is 6.07. The van der Waals surface area contributed by atoms with Crippen LogP contribution in [0.1, 0.15) is 40.9 Å². The second kappa shape index (κ2) is 8.94. The first-order valence-corrected chi connectivity index (χ1v) is 9.94. The van der Waals surface area contributed by atoms with Crippen LogP contribution in [-0.2, 0) is 17.7 Å². The van der Waals surface area contributed by atoms with E-state index in [1.807, 2.05) is 19.1 Å². The lowest BCUT2D eigenvalue weighted by Gasteiger charge is -2.28. The number of nitrogens with one attached hydrogen (secondary N) is 1. The number of anilines is 2. The molecule has 0 spiro atoms. The van der Waals surface area contributed by atoms with Crippen LogP contribution in [0.25, 0.3) is 0 Å². The number of aromatic nitrogens is 1. The van der Waals surface area contributed by atoms with Crippen LogP contribution in [0, 0.1) is 6.92 Å². The van der Waals surface area contributed by atoms with Gasteiger partial charge in [-0.05, 0) is 62.1 Å². The quantitative estimate of drug-likeness (QED) is 0.836. The summed E-state index contributed by atoms with van der Waals surface area (Å²) in [4.78, 5) is 32.9. The molecule has 0 radical (unpaired) electrons. The Morgan fingerprint density at radius 3 is 2.66 bits per heavy atom. The van der Waals surface area contributed by atoms with Crippen molar-refractivity contribution in [1.29, 1.82) is 0 Å². The van der Waals surface area contributed by atoms with Crippen molar-refractivity contribution >= 4 is 23.4 Å². The first-order valence-electron chi connectivity index (χ1n) is 9.94. The molecule has 0 bridgehead atoms. The SMILES string of the molecule is CCN(CC)c1ccc(NC(=O)c2cncc3c2CCN(C(=O)OC)C3)c(C)c1. The Morgan fingerprint density at radius 1 is 1.24 bits per heavy atom. The third-order valence-electron chi connectivity index (χ3n) is 5.40. The number of hydrogen-bond donors (Lipinski definition) is 1. The first kappa shape index (κ1) is 20.6. The van der Waals surface area contributed by atoms with Gasteiger partial charge in [0.15, 0.2) is 0 Å². The minimum absolute atomic E-state index is 0.181. The molecule has 0 saturated carbocycles. The van der Waals surface area contributed by atoms with Gasteiger partial charge >= 0.3 is 6.09 Å². The van der Waals surface area contributed by atoms with Gasteiger partial charge in [-0.2, -0.15) is 0 Å². The van der Waals surface area contributed by atoms with Crippen LogP contribution in [0.2, 0.25) is 0 Å². The number of methoxy groups -OCH3 is 1. The molecule has 0 saturated heterocycles. The summed E-state index contributed by atoms with van der Waals surface area (Å²) in [6.45, 7) is 9.03. The van der Waals surface area contributed by atoms with Crippen molar-refractivity contribution in [2.24, 2.45) is 0 Å². The Hall–Kier alpha value is -3.09. The van der Waals surface area contributed by atoms with Crippen LogP contribution < -0.4 is 10.2 Å². The highest BCUT2D eigenvalue weighted by atomic mass is 16.5. The third kappa shape index (κ3) is 4.34. The van der Waals surface area contributed by atoms with E-state index in [4.69, 9.17) is 4.74 Å². The molecule has 2 amide bonds. The predicted molar refractivity (Wildman–Crippen MR) is 113 cm³/mol. The van der Waals surface area contributed by atoms with Crippen molar-refractivity contribution in [3.8, 4) is 0 Å². The monoisotopic (exact) mass is 396 g/mol. The van der Waals surface area contributed by atoms with E-state index in [9.17, 15) is 9.59 Å². The van der Waals surface area contributed by atoms with E-state index in [1.165, 1.54) is 7.11 Å². The molecular formula is C22H28N4O3. The van der Waals surface area contributed by atoms with E-state index >= 15 is 0 Å². The summed E-state index contributed by atoms with van der Waals surface area (Å²) in [5.41, 5.74) is 5.32. The van der Waals surface area contributed by atoms with E-state index in [0.717, 1.165) is 41.2 Å². The zero-order valence-electron chi connectivity index (χ0n) is 17.5. The number of ether oxygens (including phenoxy) is 1. The molecule has 1 aliphatic rings. The smallest absolute Gasteiger partial charge is 0.409 e. The van der Waals surface area contributed by atoms with Crippen LogP contribution in [0.4, 0.5) is 16.2 Å². The summed E-state index contributed by atoms with van der Waals surface area (Å²) >= 11 is 0. The molecule has 1 N–H and O–H groups in total. The van der Waals surface area contributed by atoms with Gasteiger partial charge < -0.3 is 19.9 Å². The number of pyridine rings is 1. The van der Waals surface area contributed by atoms with Gasteiger partial charge in [0, 0.05) is 43.4 Å². The van der Waals surface area contributed by atoms with E-state index in [2.05, 4.69) is 35.1 Å².